The van der Waals surface area contributed by atoms with Crippen LogP contribution in [0.25, 0.3) is 10.9 Å². The standard InChI is InChI=1S/C29H37ClFNO5Si/c1-17(2)24(16-37-38(7,8)29(3,4)5)32-15-21(28(34)35)27(33)20-13-19(25(36-6)14-23(20)32)12-18-10-9-11-22(30)26(18)31/h9-11,13-15,17,24H,12,16H2,1-8H3,(H,34,35)/t24-/m1/s1. The van der Waals surface area contributed by atoms with E-state index < -0.39 is 25.5 Å². The van der Waals surface area contributed by atoms with Gasteiger partial charge in [0.15, 0.2) is 8.32 Å². The maximum absolute atomic E-state index is 14.7. The fourth-order valence-electron chi connectivity index (χ4n) is 4.17. The zero-order valence-electron chi connectivity index (χ0n) is 23.3. The summed E-state index contributed by atoms with van der Waals surface area (Å²) in [6.07, 6.45) is 1.52. The molecule has 0 bridgehead atoms. The van der Waals surface area contributed by atoms with Gasteiger partial charge in [-0.15, -0.1) is 0 Å². The molecule has 0 spiro atoms. The Morgan fingerprint density at radius 2 is 1.84 bits per heavy atom. The second kappa shape index (κ2) is 11.2. The lowest BCUT2D eigenvalue weighted by atomic mass is 9.98. The highest BCUT2D eigenvalue weighted by atomic mass is 35.5. The highest BCUT2D eigenvalue weighted by Crippen LogP contribution is 2.38. The molecule has 0 amide bonds. The summed E-state index contributed by atoms with van der Waals surface area (Å²) in [5.74, 6) is -1.33. The van der Waals surface area contributed by atoms with Gasteiger partial charge in [0.1, 0.15) is 17.1 Å². The van der Waals surface area contributed by atoms with E-state index in [9.17, 15) is 19.1 Å². The van der Waals surface area contributed by atoms with Crippen molar-refractivity contribution in [1.82, 2.24) is 4.57 Å². The summed E-state index contributed by atoms with van der Waals surface area (Å²) in [5, 5.41) is 10.1. The van der Waals surface area contributed by atoms with Crippen LogP contribution in [0.3, 0.4) is 0 Å². The SMILES string of the molecule is COc1cc2c(cc1Cc1cccc(Cl)c1F)c(=O)c(C(=O)O)cn2[C@H](CO[Si](C)(C)C(C)(C)C)C(C)C. The van der Waals surface area contributed by atoms with Crippen molar-refractivity contribution < 1.29 is 23.5 Å². The molecular formula is C29H37ClFNO5Si. The Labute approximate surface area is 229 Å². The van der Waals surface area contributed by atoms with E-state index in [2.05, 4.69) is 33.9 Å². The van der Waals surface area contributed by atoms with Gasteiger partial charge in [-0.25, -0.2) is 9.18 Å². The summed E-state index contributed by atoms with van der Waals surface area (Å²) in [5.41, 5.74) is 0.482. The van der Waals surface area contributed by atoms with Crippen LogP contribution in [0.2, 0.25) is 23.2 Å². The van der Waals surface area contributed by atoms with Gasteiger partial charge in [-0.1, -0.05) is 58.4 Å². The Hall–Kier alpha value is -2.68. The van der Waals surface area contributed by atoms with Crippen molar-refractivity contribution in [3.05, 3.63) is 74.3 Å². The molecule has 0 radical (unpaired) electrons. The largest absolute Gasteiger partial charge is 0.496 e. The average molecular weight is 562 g/mol. The van der Waals surface area contributed by atoms with Crippen LogP contribution in [0.1, 0.15) is 62.1 Å². The van der Waals surface area contributed by atoms with Crippen molar-refractivity contribution in [2.45, 2.75) is 65.2 Å². The van der Waals surface area contributed by atoms with Crippen molar-refractivity contribution in [1.29, 1.82) is 0 Å². The maximum Gasteiger partial charge on any atom is 0.341 e. The topological polar surface area (TPSA) is 77.8 Å². The minimum Gasteiger partial charge on any atom is -0.496 e. The minimum atomic E-state index is -2.10. The minimum absolute atomic E-state index is 0.0000945. The number of pyridine rings is 1. The van der Waals surface area contributed by atoms with E-state index in [1.165, 1.54) is 19.4 Å². The van der Waals surface area contributed by atoms with E-state index in [-0.39, 0.29) is 39.4 Å². The van der Waals surface area contributed by atoms with Gasteiger partial charge in [0.25, 0.3) is 0 Å². The molecule has 0 aliphatic carbocycles. The summed E-state index contributed by atoms with van der Waals surface area (Å²) in [7, 11) is -0.595. The van der Waals surface area contributed by atoms with Crippen LogP contribution in [-0.4, -0.2) is 37.7 Å². The number of fused-ring (bicyclic) bond motifs is 1. The lowest BCUT2D eigenvalue weighted by molar-refractivity contribution is 0.0694. The van der Waals surface area contributed by atoms with Gasteiger partial charge in [0.2, 0.25) is 5.43 Å². The predicted molar refractivity (Wildman–Crippen MR) is 153 cm³/mol. The number of aromatic carboxylic acids is 1. The molecule has 0 aliphatic heterocycles. The number of hydrogen-bond donors (Lipinski definition) is 1. The van der Waals surface area contributed by atoms with Crippen LogP contribution in [0, 0.1) is 11.7 Å². The first kappa shape index (κ1) is 29.9. The van der Waals surface area contributed by atoms with Crippen LogP contribution >= 0.6 is 11.6 Å². The Morgan fingerprint density at radius 3 is 2.39 bits per heavy atom. The molecular weight excluding hydrogens is 525 g/mol. The van der Waals surface area contributed by atoms with E-state index in [1.807, 2.05) is 18.4 Å². The van der Waals surface area contributed by atoms with Gasteiger partial charge >= 0.3 is 5.97 Å². The molecule has 2 aromatic carbocycles. The zero-order valence-corrected chi connectivity index (χ0v) is 25.1. The number of halogens is 2. The fourth-order valence-corrected chi connectivity index (χ4v) is 5.39. The van der Waals surface area contributed by atoms with Gasteiger partial charge in [0, 0.05) is 24.1 Å². The van der Waals surface area contributed by atoms with E-state index in [0.29, 0.717) is 29.0 Å². The molecule has 1 heterocycles. The number of carboxylic acids is 1. The molecule has 0 saturated carbocycles. The van der Waals surface area contributed by atoms with E-state index in [0.717, 1.165) is 0 Å². The summed E-state index contributed by atoms with van der Waals surface area (Å²) in [6, 6.07) is 7.82. The lowest BCUT2D eigenvalue weighted by Gasteiger charge is -2.38. The molecule has 1 aromatic heterocycles. The lowest BCUT2D eigenvalue weighted by Crippen LogP contribution is -2.42. The zero-order chi connectivity index (χ0) is 28.6. The first-order valence-corrected chi connectivity index (χ1v) is 15.9. The van der Waals surface area contributed by atoms with Crippen LogP contribution in [0.5, 0.6) is 5.75 Å². The molecule has 3 rings (SSSR count). The van der Waals surface area contributed by atoms with Gasteiger partial charge in [-0.3, -0.25) is 4.79 Å². The number of carbonyl (C=O) groups is 1. The van der Waals surface area contributed by atoms with E-state index >= 15 is 0 Å². The third-order valence-electron chi connectivity index (χ3n) is 7.63. The maximum atomic E-state index is 14.7. The highest BCUT2D eigenvalue weighted by Gasteiger charge is 2.38. The van der Waals surface area contributed by atoms with Crippen LogP contribution < -0.4 is 10.2 Å². The van der Waals surface area contributed by atoms with Crippen molar-refractivity contribution in [2.75, 3.05) is 13.7 Å². The molecule has 1 N–H and O–H groups in total. The number of hydrogen-bond acceptors (Lipinski definition) is 4. The molecule has 0 fully saturated rings. The molecule has 6 nitrogen and oxygen atoms in total. The van der Waals surface area contributed by atoms with E-state index in [4.69, 9.17) is 20.8 Å². The number of carboxylic acid groups (broad SMARTS) is 1. The monoisotopic (exact) mass is 561 g/mol. The van der Waals surface area contributed by atoms with Crippen LogP contribution in [0.15, 0.2) is 41.3 Å². The Balaban J connectivity index is 2.24. The molecule has 0 aliphatic rings. The molecule has 206 valence electrons. The van der Waals surface area contributed by atoms with Crippen LogP contribution in [0.4, 0.5) is 4.39 Å². The second-order valence-electron chi connectivity index (χ2n) is 11.5. The number of methoxy groups -OCH3 is 1. The molecule has 0 saturated heterocycles. The number of nitrogens with zero attached hydrogens (tertiary/aromatic N) is 1. The predicted octanol–water partition coefficient (Wildman–Crippen LogP) is 7.31. The van der Waals surface area contributed by atoms with Gasteiger partial charge in [-0.2, -0.15) is 0 Å². The second-order valence-corrected chi connectivity index (χ2v) is 16.8. The summed E-state index contributed by atoms with van der Waals surface area (Å²) in [4.78, 5) is 25.4. The number of benzene rings is 2. The number of rotatable bonds is 9. The summed E-state index contributed by atoms with van der Waals surface area (Å²) >= 11 is 5.97. The van der Waals surface area contributed by atoms with Crippen molar-refractivity contribution in [3.8, 4) is 5.75 Å². The highest BCUT2D eigenvalue weighted by molar-refractivity contribution is 6.74. The van der Waals surface area contributed by atoms with E-state index in [1.54, 1.807) is 24.3 Å². The normalized spacial score (nSPS) is 13.2. The fraction of sp³-hybridized carbons (Fsp3) is 0.448. The van der Waals surface area contributed by atoms with Crippen molar-refractivity contribution >= 4 is 36.8 Å². The molecule has 9 heteroatoms. The first-order chi connectivity index (χ1) is 17.6. The molecule has 38 heavy (non-hydrogen) atoms. The third-order valence-corrected chi connectivity index (χ3v) is 12.4. The Bertz CT molecular complexity index is 1410. The smallest absolute Gasteiger partial charge is 0.341 e. The van der Waals surface area contributed by atoms with Gasteiger partial charge in [-0.05, 0) is 47.3 Å². The van der Waals surface area contributed by atoms with Crippen molar-refractivity contribution in [2.24, 2.45) is 5.92 Å². The quantitative estimate of drug-likeness (QED) is 0.277. The summed E-state index contributed by atoms with van der Waals surface area (Å²) < 4.78 is 28.7. The summed E-state index contributed by atoms with van der Waals surface area (Å²) in [6.45, 7) is 15.3. The Kier molecular flexibility index (Phi) is 8.80. The van der Waals surface area contributed by atoms with Crippen molar-refractivity contribution in [3.63, 3.8) is 0 Å². The van der Waals surface area contributed by atoms with Crippen LogP contribution in [-0.2, 0) is 10.8 Å². The molecule has 1 atom stereocenters. The van der Waals surface area contributed by atoms with Gasteiger partial charge in [0.05, 0.1) is 30.3 Å². The molecule has 3 aromatic rings. The average Bonchev–Trinajstić information content (AvgIpc) is 2.82. The molecule has 0 unspecified atom stereocenters. The first-order valence-electron chi connectivity index (χ1n) is 12.6. The number of ether oxygens (including phenoxy) is 1. The number of aromatic nitrogens is 1. The van der Waals surface area contributed by atoms with Gasteiger partial charge < -0.3 is 18.8 Å². The third kappa shape index (κ3) is 5.97. The Morgan fingerprint density at radius 1 is 1.18 bits per heavy atom.